The first kappa shape index (κ1) is 28.3. The van der Waals surface area contributed by atoms with Crippen LogP contribution in [0, 0.1) is 0 Å². The highest BCUT2D eigenvalue weighted by Gasteiger charge is 2.27. The maximum atomic E-state index is 8.31. The average Bonchev–Trinajstić information content (AvgIpc) is 3.59. The van der Waals surface area contributed by atoms with Gasteiger partial charge in [-0.05, 0) is 93.6 Å². The average molecular weight is 639 g/mol. The van der Waals surface area contributed by atoms with E-state index in [9.17, 15) is 0 Å². The third kappa shape index (κ3) is 5.72. The number of fused-ring (bicyclic) bond motifs is 4. The van der Waals surface area contributed by atoms with Crippen LogP contribution in [0.1, 0.15) is 83.1 Å². The minimum Gasteiger partial charge on any atom is -0.457 e. The zero-order valence-electron chi connectivity index (χ0n) is 32.8. The summed E-state index contributed by atoms with van der Waals surface area (Å²) in [5.41, 5.74) is 9.41. The van der Waals surface area contributed by atoms with Gasteiger partial charge < -0.3 is 19.1 Å². The lowest BCUT2D eigenvalue weighted by Gasteiger charge is -2.22. The van der Waals surface area contributed by atoms with Crippen molar-refractivity contribution in [3.8, 4) is 17.2 Å². The van der Waals surface area contributed by atoms with Crippen molar-refractivity contribution in [2.75, 3.05) is 23.4 Å². The molecule has 1 aliphatic heterocycles. The van der Waals surface area contributed by atoms with Gasteiger partial charge in [-0.1, -0.05) is 92.6 Å². The number of nitrogens with zero attached hydrogens (tertiary/aromatic N) is 3. The molecule has 1 aromatic heterocycles. The predicted molar refractivity (Wildman–Crippen MR) is 205 cm³/mol. The molecule has 0 unspecified atom stereocenters. The van der Waals surface area contributed by atoms with Gasteiger partial charge in [0.2, 0.25) is 0 Å². The van der Waals surface area contributed by atoms with E-state index in [4.69, 9.17) is 8.85 Å². The van der Waals surface area contributed by atoms with E-state index >= 15 is 0 Å². The van der Waals surface area contributed by atoms with Gasteiger partial charge in [0, 0.05) is 45.4 Å². The molecule has 2 heterocycles. The Morgan fingerprint density at radius 2 is 1.19 bits per heavy atom. The van der Waals surface area contributed by atoms with E-state index in [2.05, 4.69) is 132 Å². The van der Waals surface area contributed by atoms with Crippen LogP contribution in [0.5, 0.6) is 11.5 Å². The molecule has 0 saturated carbocycles. The van der Waals surface area contributed by atoms with Gasteiger partial charge in [-0.3, -0.25) is 0 Å². The minimum absolute atomic E-state index is 0.0126. The van der Waals surface area contributed by atoms with Gasteiger partial charge in [0.05, 0.1) is 29.1 Å². The van der Waals surface area contributed by atoms with Crippen molar-refractivity contribution in [2.24, 2.45) is 0 Å². The molecule has 5 aromatic carbocycles. The van der Waals surface area contributed by atoms with Crippen LogP contribution in [-0.2, 0) is 16.2 Å². The van der Waals surface area contributed by atoms with E-state index < -0.39 is 6.98 Å². The first-order chi connectivity index (χ1) is 23.8. The molecule has 0 radical (unpaired) electrons. The second-order valence-corrected chi connectivity index (χ2v) is 16.3. The zero-order valence-corrected chi connectivity index (χ0v) is 29.8. The first-order valence-electron chi connectivity index (χ1n) is 18.5. The largest absolute Gasteiger partial charge is 0.457 e. The van der Waals surface area contributed by atoms with Gasteiger partial charge in [-0.15, -0.1) is 0 Å². The summed E-state index contributed by atoms with van der Waals surface area (Å²) in [7, 11) is 0. The Hall–Kier alpha value is -4.70. The molecule has 246 valence electrons. The van der Waals surface area contributed by atoms with Crippen LogP contribution in [0.3, 0.4) is 0 Å². The zero-order chi connectivity index (χ0) is 36.7. The van der Waals surface area contributed by atoms with Crippen LogP contribution in [0.25, 0.3) is 27.5 Å². The highest BCUT2D eigenvalue weighted by Crippen LogP contribution is 2.44. The van der Waals surface area contributed by atoms with Crippen LogP contribution in [-0.4, -0.2) is 18.2 Å². The lowest BCUT2D eigenvalue weighted by molar-refractivity contribution is 0.483. The molecule has 6 aromatic rings. The summed E-state index contributed by atoms with van der Waals surface area (Å²) < 4.78 is 33.9. The molecule has 0 amide bonds. The van der Waals surface area contributed by atoms with Gasteiger partial charge in [-0.2, -0.15) is 0 Å². The highest BCUT2D eigenvalue weighted by atomic mass is 16.5. The first-order valence-corrected chi connectivity index (χ1v) is 17.0. The van der Waals surface area contributed by atoms with Crippen molar-refractivity contribution >= 4 is 38.9 Å². The quantitative estimate of drug-likeness (QED) is 0.192. The Bertz CT molecular complexity index is 2280. The number of ether oxygens (including phenoxy) is 1. The Balaban J connectivity index is 1.30. The Morgan fingerprint density at radius 1 is 0.542 bits per heavy atom. The monoisotopic (exact) mass is 638 g/mol. The van der Waals surface area contributed by atoms with Crippen molar-refractivity contribution in [1.82, 2.24) is 4.57 Å². The number of rotatable bonds is 4. The lowest BCUT2D eigenvalue weighted by Crippen LogP contribution is -2.23. The molecule has 0 N–H and O–H groups in total. The molecule has 0 saturated heterocycles. The Kier molecular flexibility index (Phi) is 6.60. The summed E-state index contributed by atoms with van der Waals surface area (Å²) in [6.45, 7) is 17.9. The second-order valence-electron chi connectivity index (χ2n) is 16.3. The van der Waals surface area contributed by atoms with Gasteiger partial charge in [0.25, 0.3) is 0 Å². The van der Waals surface area contributed by atoms with Crippen molar-refractivity contribution in [1.29, 1.82) is 0 Å². The predicted octanol–water partition coefficient (Wildman–Crippen LogP) is 12.0. The van der Waals surface area contributed by atoms with Crippen LogP contribution in [0.15, 0.2) is 103 Å². The highest BCUT2D eigenvalue weighted by molar-refractivity contribution is 6.10. The maximum absolute atomic E-state index is 8.31. The summed E-state index contributed by atoms with van der Waals surface area (Å²) >= 11 is 0. The van der Waals surface area contributed by atoms with Gasteiger partial charge >= 0.3 is 0 Å². The van der Waals surface area contributed by atoms with Crippen molar-refractivity contribution in [3.05, 3.63) is 120 Å². The van der Waals surface area contributed by atoms with E-state index in [1.54, 1.807) is 0 Å². The topological polar surface area (TPSA) is 20.6 Å². The SMILES string of the molecule is [2H]C([2H])([2H])N1CN(c2cccc(Oc3ccc4c5cc(C(C)(C)C)ccc5n(-c5cccc(C(C)(C)C)c5)c4c3)c2)c2ccc(C(C)(C)C)cc21. The van der Waals surface area contributed by atoms with Crippen LogP contribution < -0.4 is 14.5 Å². The minimum atomic E-state index is -2.28. The number of anilines is 3. The maximum Gasteiger partial charge on any atom is 0.129 e. The Labute approximate surface area is 290 Å². The summed E-state index contributed by atoms with van der Waals surface area (Å²) in [5.74, 6) is 1.41. The summed E-state index contributed by atoms with van der Waals surface area (Å²) in [4.78, 5) is 3.56. The molecule has 1 aliphatic rings. The molecule has 4 heteroatoms. The van der Waals surface area contributed by atoms with E-state index in [1.165, 1.54) is 26.8 Å². The molecule has 0 spiro atoms. The standard InChI is InChI=1S/C44H49N3O/c1-42(2,3)29-13-11-15-33(23-29)47-38-21-17-30(43(4,5)6)24-37(38)36-20-19-35(27-40(36)47)48-34-16-12-14-32(26-34)46-28-45(10)41-25-31(44(7,8)9)18-22-39(41)46/h11-27H,28H2,1-10H3/i10D3. The molecule has 4 nitrogen and oxygen atoms in total. The van der Waals surface area contributed by atoms with E-state index in [0.717, 1.165) is 45.1 Å². The van der Waals surface area contributed by atoms with Crippen molar-refractivity contribution in [3.63, 3.8) is 0 Å². The van der Waals surface area contributed by atoms with Crippen LogP contribution in [0.4, 0.5) is 17.1 Å². The number of benzene rings is 5. The number of hydrogen-bond donors (Lipinski definition) is 0. The number of hydrogen-bond acceptors (Lipinski definition) is 3. The van der Waals surface area contributed by atoms with Crippen molar-refractivity contribution in [2.45, 2.75) is 78.6 Å². The normalized spacial score (nSPS) is 15.1. The smallest absolute Gasteiger partial charge is 0.129 e. The molecule has 0 atom stereocenters. The van der Waals surface area contributed by atoms with Crippen LogP contribution >= 0.6 is 0 Å². The lowest BCUT2D eigenvalue weighted by atomic mass is 9.86. The summed E-state index contributed by atoms with van der Waals surface area (Å²) in [5, 5.41) is 2.39. The fourth-order valence-electron chi connectivity index (χ4n) is 6.72. The van der Waals surface area contributed by atoms with Crippen molar-refractivity contribution < 1.29 is 8.85 Å². The third-order valence-electron chi connectivity index (χ3n) is 9.64. The van der Waals surface area contributed by atoms with E-state index in [-0.39, 0.29) is 22.9 Å². The molecular formula is C44H49N3O. The summed E-state index contributed by atoms with van der Waals surface area (Å²) in [6, 6.07) is 36.1. The third-order valence-corrected chi connectivity index (χ3v) is 9.64. The number of aromatic nitrogens is 1. The van der Waals surface area contributed by atoms with Gasteiger partial charge in [0.15, 0.2) is 0 Å². The fourth-order valence-corrected chi connectivity index (χ4v) is 6.72. The van der Waals surface area contributed by atoms with E-state index in [0.29, 0.717) is 5.75 Å². The van der Waals surface area contributed by atoms with Gasteiger partial charge in [0.1, 0.15) is 11.5 Å². The second kappa shape index (κ2) is 11.2. The molecular weight excluding hydrogens is 587 g/mol. The van der Waals surface area contributed by atoms with E-state index in [1.807, 2.05) is 42.5 Å². The summed E-state index contributed by atoms with van der Waals surface area (Å²) in [6.07, 6.45) is 0. The molecule has 0 fully saturated rings. The molecule has 0 bridgehead atoms. The molecule has 48 heavy (non-hydrogen) atoms. The molecule has 0 aliphatic carbocycles. The Morgan fingerprint density at radius 3 is 1.92 bits per heavy atom. The fraction of sp³-hybridized carbons (Fsp3) is 0.318. The van der Waals surface area contributed by atoms with Crippen LogP contribution in [0.2, 0.25) is 0 Å². The molecule has 7 rings (SSSR count). The van der Waals surface area contributed by atoms with Gasteiger partial charge in [-0.25, -0.2) is 0 Å².